The maximum Gasteiger partial charge on any atom is 0.234 e. The van der Waals surface area contributed by atoms with Crippen LogP contribution in [-0.4, -0.2) is 43.6 Å². The predicted octanol–water partition coefficient (Wildman–Crippen LogP) is -0.761. The quantitative estimate of drug-likeness (QED) is 0.583. The van der Waals surface area contributed by atoms with Gasteiger partial charge in [0.05, 0.1) is 13.2 Å². The molecule has 1 N–H and O–H groups in total. The molecular weight excluding hydrogens is 144 g/mol. The number of nitrogens with one attached hydrogen (secondary N) is 1. The summed E-state index contributed by atoms with van der Waals surface area (Å²) in [6, 6.07) is 0. The molecule has 11 heavy (non-hydrogen) atoms. The first-order chi connectivity index (χ1) is 5.33. The minimum absolute atomic E-state index is 0.0273. The Kier molecular flexibility index (Phi) is 3.32. The number of amides is 1. The normalized spacial score (nSPS) is 17.5. The fraction of sp³-hybridized carbons (Fsp3) is 0.857. The summed E-state index contributed by atoms with van der Waals surface area (Å²) in [4.78, 5) is 13.0. The SMILES string of the molecule is [O]CCNC(=O)CN1CCC1. The fourth-order valence-corrected chi connectivity index (χ4v) is 0.989. The Morgan fingerprint density at radius 2 is 2.18 bits per heavy atom. The summed E-state index contributed by atoms with van der Waals surface area (Å²) >= 11 is 0. The van der Waals surface area contributed by atoms with Crippen LogP contribution < -0.4 is 5.32 Å². The summed E-state index contributed by atoms with van der Waals surface area (Å²) in [6.45, 7) is 2.52. The number of rotatable bonds is 4. The second kappa shape index (κ2) is 4.31. The zero-order chi connectivity index (χ0) is 8.10. The molecule has 1 rings (SSSR count). The van der Waals surface area contributed by atoms with Crippen molar-refractivity contribution < 1.29 is 9.90 Å². The Morgan fingerprint density at radius 3 is 2.64 bits per heavy atom. The molecule has 1 radical (unpaired) electrons. The van der Waals surface area contributed by atoms with Crippen LogP contribution >= 0.6 is 0 Å². The van der Waals surface area contributed by atoms with Crippen molar-refractivity contribution in [3.05, 3.63) is 0 Å². The first-order valence-electron chi connectivity index (χ1n) is 3.90. The standard InChI is InChI=1S/C7H13N2O2/c10-5-2-8-7(11)6-9-3-1-4-9/h1-6H2,(H,8,11). The number of carbonyl (C=O) groups excluding carboxylic acids is 1. The number of hydrogen-bond donors (Lipinski definition) is 1. The van der Waals surface area contributed by atoms with Crippen LogP contribution in [0.1, 0.15) is 6.42 Å². The molecule has 0 unspecified atom stereocenters. The average Bonchev–Trinajstić information content (AvgIpc) is 1.93. The second-order valence-corrected chi connectivity index (χ2v) is 2.68. The molecule has 4 nitrogen and oxygen atoms in total. The molecule has 0 aromatic carbocycles. The van der Waals surface area contributed by atoms with Crippen LogP contribution in [0.5, 0.6) is 0 Å². The molecule has 0 atom stereocenters. The van der Waals surface area contributed by atoms with Crippen LogP contribution in [0, 0.1) is 0 Å². The van der Waals surface area contributed by atoms with E-state index in [2.05, 4.69) is 10.2 Å². The molecule has 1 aliphatic rings. The van der Waals surface area contributed by atoms with Crippen molar-refractivity contribution in [2.45, 2.75) is 6.42 Å². The van der Waals surface area contributed by atoms with E-state index in [1.54, 1.807) is 0 Å². The highest BCUT2D eigenvalue weighted by Crippen LogP contribution is 2.03. The molecule has 1 aliphatic heterocycles. The maximum atomic E-state index is 10.9. The molecule has 0 aliphatic carbocycles. The highest BCUT2D eigenvalue weighted by atomic mass is 16.3. The molecule has 1 saturated heterocycles. The average molecular weight is 157 g/mol. The highest BCUT2D eigenvalue weighted by Gasteiger charge is 2.16. The Hall–Kier alpha value is -0.610. The molecule has 63 valence electrons. The molecule has 1 amide bonds. The van der Waals surface area contributed by atoms with Crippen molar-refractivity contribution in [2.24, 2.45) is 0 Å². The molecule has 0 saturated carbocycles. The topological polar surface area (TPSA) is 52.2 Å². The van der Waals surface area contributed by atoms with E-state index in [1.165, 1.54) is 6.42 Å². The molecule has 1 fully saturated rings. The van der Waals surface area contributed by atoms with Gasteiger partial charge in [-0.1, -0.05) is 0 Å². The largest absolute Gasteiger partial charge is 0.353 e. The monoisotopic (exact) mass is 157 g/mol. The van der Waals surface area contributed by atoms with Crippen LogP contribution in [0.4, 0.5) is 0 Å². The lowest BCUT2D eigenvalue weighted by atomic mass is 10.2. The van der Waals surface area contributed by atoms with Gasteiger partial charge in [-0.15, -0.1) is 0 Å². The number of nitrogens with zero attached hydrogens (tertiary/aromatic N) is 1. The van der Waals surface area contributed by atoms with Crippen molar-refractivity contribution in [3.63, 3.8) is 0 Å². The molecular formula is C7H13N2O2. The Balaban J connectivity index is 2.00. The van der Waals surface area contributed by atoms with E-state index < -0.39 is 0 Å². The van der Waals surface area contributed by atoms with Crippen LogP contribution in [0.15, 0.2) is 0 Å². The predicted molar refractivity (Wildman–Crippen MR) is 39.6 cm³/mol. The summed E-state index contributed by atoms with van der Waals surface area (Å²) in [6.07, 6.45) is 1.19. The van der Waals surface area contributed by atoms with E-state index in [4.69, 9.17) is 0 Å². The van der Waals surface area contributed by atoms with Crippen molar-refractivity contribution in [1.82, 2.24) is 10.2 Å². The molecule has 0 bridgehead atoms. The lowest BCUT2D eigenvalue weighted by molar-refractivity contribution is -0.123. The van der Waals surface area contributed by atoms with Gasteiger partial charge in [0.2, 0.25) is 5.91 Å². The summed E-state index contributed by atoms with van der Waals surface area (Å²) in [5, 5.41) is 12.5. The minimum atomic E-state index is -0.230. The first-order valence-corrected chi connectivity index (χ1v) is 3.90. The van der Waals surface area contributed by atoms with Gasteiger partial charge in [-0.25, -0.2) is 5.11 Å². The van der Waals surface area contributed by atoms with E-state index in [1.807, 2.05) is 0 Å². The van der Waals surface area contributed by atoms with Crippen LogP contribution in [0.2, 0.25) is 0 Å². The Morgan fingerprint density at radius 1 is 1.45 bits per heavy atom. The van der Waals surface area contributed by atoms with Crippen LogP contribution in [-0.2, 0) is 9.90 Å². The van der Waals surface area contributed by atoms with Crippen molar-refractivity contribution in [1.29, 1.82) is 0 Å². The van der Waals surface area contributed by atoms with E-state index >= 15 is 0 Å². The van der Waals surface area contributed by atoms with Crippen molar-refractivity contribution in [3.8, 4) is 0 Å². The van der Waals surface area contributed by atoms with Gasteiger partial charge < -0.3 is 5.32 Å². The van der Waals surface area contributed by atoms with Gasteiger partial charge in [0.15, 0.2) is 0 Å². The summed E-state index contributed by atoms with van der Waals surface area (Å²) < 4.78 is 0. The fourth-order valence-electron chi connectivity index (χ4n) is 0.989. The van der Waals surface area contributed by atoms with E-state index in [0.29, 0.717) is 6.54 Å². The number of hydrogen-bond acceptors (Lipinski definition) is 2. The number of carbonyl (C=O) groups is 1. The van der Waals surface area contributed by atoms with Crippen molar-refractivity contribution in [2.75, 3.05) is 32.8 Å². The lowest BCUT2D eigenvalue weighted by Crippen LogP contribution is -2.44. The summed E-state index contributed by atoms with van der Waals surface area (Å²) in [7, 11) is 0. The third-order valence-electron chi connectivity index (χ3n) is 1.74. The molecule has 4 heteroatoms. The van der Waals surface area contributed by atoms with Gasteiger partial charge in [-0.2, -0.15) is 0 Å². The minimum Gasteiger partial charge on any atom is -0.353 e. The second-order valence-electron chi connectivity index (χ2n) is 2.68. The first kappa shape index (κ1) is 8.49. The Labute approximate surface area is 66.2 Å². The zero-order valence-electron chi connectivity index (χ0n) is 6.51. The van der Waals surface area contributed by atoms with Crippen LogP contribution in [0.3, 0.4) is 0 Å². The van der Waals surface area contributed by atoms with Gasteiger partial charge in [0.25, 0.3) is 0 Å². The van der Waals surface area contributed by atoms with Gasteiger partial charge >= 0.3 is 0 Å². The van der Waals surface area contributed by atoms with E-state index in [9.17, 15) is 9.90 Å². The molecule has 0 aromatic rings. The summed E-state index contributed by atoms with van der Waals surface area (Å²) in [5.41, 5.74) is 0. The number of likely N-dealkylation sites (tertiary alicyclic amines) is 1. The van der Waals surface area contributed by atoms with Gasteiger partial charge in [-0.3, -0.25) is 9.69 Å². The van der Waals surface area contributed by atoms with Gasteiger partial charge in [-0.05, 0) is 19.5 Å². The van der Waals surface area contributed by atoms with E-state index in [0.717, 1.165) is 13.1 Å². The van der Waals surface area contributed by atoms with Gasteiger partial charge in [0.1, 0.15) is 0 Å². The molecule has 0 aromatic heterocycles. The highest BCUT2D eigenvalue weighted by molar-refractivity contribution is 5.78. The van der Waals surface area contributed by atoms with E-state index in [-0.39, 0.29) is 19.1 Å². The third-order valence-corrected chi connectivity index (χ3v) is 1.74. The maximum absolute atomic E-state index is 10.9. The Bertz CT molecular complexity index is 134. The third kappa shape index (κ3) is 2.86. The lowest BCUT2D eigenvalue weighted by Gasteiger charge is -2.29. The summed E-state index contributed by atoms with van der Waals surface area (Å²) in [5.74, 6) is -0.0273. The zero-order valence-corrected chi connectivity index (χ0v) is 6.51. The molecule has 1 heterocycles. The van der Waals surface area contributed by atoms with Crippen molar-refractivity contribution >= 4 is 5.91 Å². The molecule has 0 spiro atoms. The van der Waals surface area contributed by atoms with Crippen LogP contribution in [0.25, 0.3) is 0 Å². The van der Waals surface area contributed by atoms with Gasteiger partial charge in [0, 0.05) is 6.54 Å². The smallest absolute Gasteiger partial charge is 0.234 e.